The summed E-state index contributed by atoms with van der Waals surface area (Å²) in [6.07, 6.45) is 19.6. The molecule has 4 heterocycles. The minimum Gasteiger partial charge on any atom is -0.396 e. The molecule has 1 saturated carbocycles. The number of aliphatic hydroxyl groups excluding tert-OH is 1. The van der Waals surface area contributed by atoms with Crippen molar-refractivity contribution < 1.29 is 5.11 Å². The van der Waals surface area contributed by atoms with Gasteiger partial charge in [0.2, 0.25) is 5.28 Å². The fraction of sp³-hybridized carbons (Fsp3) is 0.667. The van der Waals surface area contributed by atoms with Crippen LogP contribution >= 0.6 is 11.6 Å². The Labute approximate surface area is 194 Å². The largest absolute Gasteiger partial charge is 0.396 e. The normalized spacial score (nSPS) is 24.9. The maximum absolute atomic E-state index is 9.00. The highest BCUT2D eigenvalue weighted by Gasteiger charge is 2.43. The lowest BCUT2D eigenvalue weighted by molar-refractivity contribution is 0.0836. The van der Waals surface area contributed by atoms with Crippen molar-refractivity contribution in [2.24, 2.45) is 10.9 Å². The Bertz CT molecular complexity index is 976. The van der Waals surface area contributed by atoms with Crippen LogP contribution in [0.4, 0.5) is 0 Å². The number of rotatable bonds is 8. The Balaban J connectivity index is 1.41. The number of imidazole rings is 1. The first-order chi connectivity index (χ1) is 15.7. The van der Waals surface area contributed by atoms with Gasteiger partial charge in [0.1, 0.15) is 11.2 Å². The average Bonchev–Trinajstić information content (AvgIpc) is 3.57. The molecule has 1 atom stereocenters. The maximum atomic E-state index is 9.00. The summed E-state index contributed by atoms with van der Waals surface area (Å²) in [5, 5.41) is 9.27. The predicted octanol–water partition coefficient (Wildman–Crippen LogP) is 4.65. The molecule has 3 aliphatic rings. The number of fused-ring (bicyclic) bond motifs is 1. The lowest BCUT2D eigenvalue weighted by atomic mass is 9.89. The topological polar surface area (TPSA) is 79.4 Å². The first-order valence-corrected chi connectivity index (χ1v) is 12.6. The Kier molecular flexibility index (Phi) is 6.58. The number of halogens is 1. The summed E-state index contributed by atoms with van der Waals surface area (Å²) >= 11 is 6.47. The molecule has 0 amide bonds. The monoisotopic (exact) mass is 456 g/mol. The zero-order chi connectivity index (χ0) is 22.0. The van der Waals surface area contributed by atoms with Crippen molar-refractivity contribution in [3.63, 3.8) is 0 Å². The number of nitrogens with zero attached hydrogens (tertiary/aromatic N) is 6. The molecule has 2 aliphatic heterocycles. The number of piperidine rings is 1. The molecule has 7 nitrogen and oxygen atoms in total. The standard InChI is InChI=1S/C24H33ClN6O/c25-23-28-21(20-22(29-23)31(17-26-20)19-8-3-4-9-19)24(12-6-13-27-24)30-14-10-18(11-15-30)7-2-1-5-16-32/h6,12-13,17-19,32H,1-5,7-11,14-16H2. The SMILES string of the molecule is OCCCCCC1CCN(C2(c3nc(Cl)nc4c3ncn4C3CCCC3)C=CC=N2)CC1. The van der Waals surface area contributed by atoms with Crippen molar-refractivity contribution in [1.82, 2.24) is 24.4 Å². The van der Waals surface area contributed by atoms with Gasteiger partial charge in [-0.15, -0.1) is 0 Å². The smallest absolute Gasteiger partial charge is 0.224 e. The first kappa shape index (κ1) is 22.0. The highest BCUT2D eigenvalue weighted by atomic mass is 35.5. The number of hydrogen-bond donors (Lipinski definition) is 1. The van der Waals surface area contributed by atoms with Gasteiger partial charge in [-0.3, -0.25) is 9.89 Å². The minimum atomic E-state index is -0.651. The Morgan fingerprint density at radius 2 is 1.88 bits per heavy atom. The van der Waals surface area contributed by atoms with Gasteiger partial charge in [0.25, 0.3) is 0 Å². The van der Waals surface area contributed by atoms with Gasteiger partial charge in [-0.25, -0.2) is 9.97 Å². The molecule has 5 rings (SSSR count). The molecule has 0 radical (unpaired) electrons. The van der Waals surface area contributed by atoms with Gasteiger partial charge in [-0.2, -0.15) is 4.98 Å². The molecule has 0 spiro atoms. The number of allylic oxidation sites excluding steroid dienone is 1. The molecule has 32 heavy (non-hydrogen) atoms. The Morgan fingerprint density at radius 3 is 2.59 bits per heavy atom. The van der Waals surface area contributed by atoms with Crippen molar-refractivity contribution in [2.75, 3.05) is 19.7 Å². The third-order valence-electron chi connectivity index (χ3n) is 7.51. The summed E-state index contributed by atoms with van der Waals surface area (Å²) in [4.78, 5) is 21.5. The molecule has 1 unspecified atom stereocenters. The number of unbranched alkanes of at least 4 members (excludes halogenated alkanes) is 2. The molecular weight excluding hydrogens is 424 g/mol. The Hall–Kier alpha value is -1.83. The molecule has 2 aromatic heterocycles. The minimum absolute atomic E-state index is 0.265. The molecular formula is C24H33ClN6O. The van der Waals surface area contributed by atoms with E-state index in [0.717, 1.165) is 74.4 Å². The zero-order valence-corrected chi connectivity index (χ0v) is 19.4. The number of hydrogen-bond acceptors (Lipinski definition) is 6. The van der Waals surface area contributed by atoms with Crippen molar-refractivity contribution in [3.05, 3.63) is 29.5 Å². The van der Waals surface area contributed by atoms with Gasteiger partial charge in [-0.05, 0) is 61.8 Å². The maximum Gasteiger partial charge on any atom is 0.224 e. The van der Waals surface area contributed by atoms with Gasteiger partial charge >= 0.3 is 0 Å². The molecule has 1 saturated heterocycles. The van der Waals surface area contributed by atoms with Gasteiger partial charge < -0.3 is 9.67 Å². The molecule has 8 heteroatoms. The highest BCUT2D eigenvalue weighted by molar-refractivity contribution is 6.28. The number of likely N-dealkylation sites (tertiary alicyclic amines) is 1. The van der Waals surface area contributed by atoms with Gasteiger partial charge in [-0.1, -0.05) is 32.1 Å². The van der Waals surface area contributed by atoms with E-state index in [0.29, 0.717) is 12.6 Å². The summed E-state index contributed by atoms with van der Waals surface area (Å²) < 4.78 is 2.20. The third-order valence-corrected chi connectivity index (χ3v) is 7.68. The fourth-order valence-corrected chi connectivity index (χ4v) is 5.90. The van der Waals surface area contributed by atoms with Crippen LogP contribution < -0.4 is 0 Å². The summed E-state index contributed by atoms with van der Waals surface area (Å²) in [5.41, 5.74) is 1.80. The summed E-state index contributed by atoms with van der Waals surface area (Å²) in [5.74, 6) is 0.743. The second-order valence-corrected chi connectivity index (χ2v) is 9.81. The van der Waals surface area contributed by atoms with Crippen LogP contribution in [0, 0.1) is 5.92 Å². The van der Waals surface area contributed by atoms with Crippen molar-refractivity contribution in [1.29, 1.82) is 0 Å². The van der Waals surface area contributed by atoms with E-state index in [9.17, 15) is 0 Å². The van der Waals surface area contributed by atoms with Crippen molar-refractivity contribution in [3.8, 4) is 0 Å². The molecule has 172 valence electrons. The fourth-order valence-electron chi connectivity index (χ4n) is 5.73. The molecule has 0 bridgehead atoms. The van der Waals surface area contributed by atoms with E-state index < -0.39 is 5.66 Å². The van der Waals surface area contributed by atoms with Gasteiger partial charge in [0.05, 0.1) is 6.33 Å². The number of aliphatic imine (C=N–C) groups is 1. The van der Waals surface area contributed by atoms with Gasteiger partial charge in [0.15, 0.2) is 11.3 Å². The van der Waals surface area contributed by atoms with E-state index in [4.69, 9.17) is 31.7 Å². The van der Waals surface area contributed by atoms with Crippen molar-refractivity contribution >= 4 is 29.0 Å². The first-order valence-electron chi connectivity index (χ1n) is 12.2. The van der Waals surface area contributed by atoms with Crippen LogP contribution in [0.1, 0.15) is 75.9 Å². The third kappa shape index (κ3) is 4.11. The molecule has 2 aromatic rings. The van der Waals surface area contributed by atoms with Crippen LogP contribution in [-0.2, 0) is 5.66 Å². The molecule has 1 aliphatic carbocycles. The van der Waals surface area contributed by atoms with E-state index in [1.54, 1.807) is 0 Å². The van der Waals surface area contributed by atoms with E-state index in [-0.39, 0.29) is 5.28 Å². The second-order valence-electron chi connectivity index (χ2n) is 9.47. The van der Waals surface area contributed by atoms with Crippen LogP contribution in [0.2, 0.25) is 5.28 Å². The average molecular weight is 457 g/mol. The number of aromatic nitrogens is 4. The van der Waals surface area contributed by atoms with E-state index in [1.807, 2.05) is 18.6 Å². The van der Waals surface area contributed by atoms with Crippen LogP contribution in [0.25, 0.3) is 11.2 Å². The van der Waals surface area contributed by atoms with Crippen LogP contribution in [0.5, 0.6) is 0 Å². The number of aliphatic hydroxyl groups is 1. The van der Waals surface area contributed by atoms with Crippen LogP contribution in [0.3, 0.4) is 0 Å². The lowest BCUT2D eigenvalue weighted by Crippen LogP contribution is -2.47. The van der Waals surface area contributed by atoms with Gasteiger partial charge in [0, 0.05) is 32.0 Å². The highest BCUT2D eigenvalue weighted by Crippen LogP contribution is 2.41. The zero-order valence-electron chi connectivity index (χ0n) is 18.7. The Morgan fingerprint density at radius 1 is 1.06 bits per heavy atom. The van der Waals surface area contributed by atoms with Crippen LogP contribution in [-0.4, -0.2) is 55.4 Å². The molecule has 0 aromatic carbocycles. The van der Waals surface area contributed by atoms with Crippen LogP contribution in [0.15, 0.2) is 23.5 Å². The second kappa shape index (κ2) is 9.57. The summed E-state index contributed by atoms with van der Waals surface area (Å²) in [6, 6.07) is 0.443. The predicted molar refractivity (Wildman–Crippen MR) is 127 cm³/mol. The quantitative estimate of drug-likeness (QED) is 0.462. The molecule has 1 N–H and O–H groups in total. The van der Waals surface area contributed by atoms with E-state index in [1.165, 1.54) is 25.7 Å². The van der Waals surface area contributed by atoms with E-state index >= 15 is 0 Å². The summed E-state index contributed by atoms with van der Waals surface area (Å²) in [6.45, 7) is 2.25. The summed E-state index contributed by atoms with van der Waals surface area (Å²) in [7, 11) is 0. The molecule has 2 fully saturated rings. The van der Waals surface area contributed by atoms with E-state index in [2.05, 4.69) is 20.5 Å². The lowest BCUT2D eigenvalue weighted by Gasteiger charge is -2.41. The van der Waals surface area contributed by atoms with Crippen molar-refractivity contribution in [2.45, 2.75) is 75.9 Å².